The number of carbonyl (C=O) groups is 1. The van der Waals surface area contributed by atoms with Crippen LogP contribution in [-0.4, -0.2) is 21.3 Å². The van der Waals surface area contributed by atoms with E-state index < -0.39 is 11.9 Å². The Morgan fingerprint density at radius 1 is 0.778 bits per heavy atom. The van der Waals surface area contributed by atoms with Crippen LogP contribution in [0.3, 0.4) is 0 Å². The van der Waals surface area contributed by atoms with Crippen molar-refractivity contribution < 1.29 is 20.1 Å². The molecule has 0 aliphatic heterocycles. The van der Waals surface area contributed by atoms with E-state index in [4.69, 9.17) is 0 Å². The normalized spacial score (nSPS) is 10.5. The minimum atomic E-state index is -0.980. The molecular formula is C14H12O4. The third-order valence-corrected chi connectivity index (χ3v) is 2.70. The summed E-state index contributed by atoms with van der Waals surface area (Å²) in [6, 6.07) is 12.1. The molecule has 0 atom stereocenters. The van der Waals surface area contributed by atoms with Gasteiger partial charge in [0, 0.05) is 0 Å². The first-order valence-corrected chi connectivity index (χ1v) is 5.38. The summed E-state index contributed by atoms with van der Waals surface area (Å²) in [6.07, 6.45) is 0. The summed E-state index contributed by atoms with van der Waals surface area (Å²) in [4.78, 5) is 11.3. The second kappa shape index (κ2) is 4.79. The maximum Gasteiger partial charge on any atom is 0.315 e. The Hall–Kier alpha value is -2.49. The zero-order valence-electron chi connectivity index (χ0n) is 9.45. The van der Waals surface area contributed by atoms with Gasteiger partial charge in [-0.1, -0.05) is 24.3 Å². The van der Waals surface area contributed by atoms with Crippen molar-refractivity contribution in [1.82, 2.24) is 0 Å². The average Bonchev–Trinajstić information content (AvgIpc) is 2.34. The summed E-state index contributed by atoms with van der Waals surface area (Å²) in [6.45, 7) is 0. The molecule has 2 aromatic carbocycles. The number of benzene rings is 2. The lowest BCUT2D eigenvalue weighted by Gasteiger charge is -2.13. The van der Waals surface area contributed by atoms with Gasteiger partial charge in [0.2, 0.25) is 0 Å². The van der Waals surface area contributed by atoms with Gasteiger partial charge in [0.15, 0.2) is 0 Å². The van der Waals surface area contributed by atoms with Gasteiger partial charge in [0.25, 0.3) is 0 Å². The summed E-state index contributed by atoms with van der Waals surface area (Å²) in [5, 5.41) is 27.7. The van der Waals surface area contributed by atoms with Crippen molar-refractivity contribution in [2.45, 2.75) is 5.92 Å². The lowest BCUT2D eigenvalue weighted by atomic mass is 9.91. The fourth-order valence-corrected chi connectivity index (χ4v) is 1.81. The van der Waals surface area contributed by atoms with E-state index in [1.165, 1.54) is 24.3 Å². The lowest BCUT2D eigenvalue weighted by molar-refractivity contribution is -0.137. The maximum absolute atomic E-state index is 11.3. The van der Waals surface area contributed by atoms with Crippen LogP contribution >= 0.6 is 0 Å². The summed E-state index contributed by atoms with van der Waals surface area (Å²) in [7, 11) is 0. The molecular weight excluding hydrogens is 232 g/mol. The van der Waals surface area contributed by atoms with Gasteiger partial charge in [-0.25, -0.2) is 0 Å². The van der Waals surface area contributed by atoms with E-state index in [1.807, 2.05) is 0 Å². The van der Waals surface area contributed by atoms with E-state index >= 15 is 0 Å². The van der Waals surface area contributed by atoms with Gasteiger partial charge in [-0.2, -0.15) is 0 Å². The molecule has 0 heterocycles. The van der Waals surface area contributed by atoms with Crippen molar-refractivity contribution >= 4 is 5.97 Å². The molecule has 0 aliphatic rings. The van der Waals surface area contributed by atoms with Gasteiger partial charge in [0.1, 0.15) is 17.4 Å². The number of carboxylic acid groups (broad SMARTS) is 1. The fraction of sp³-hybridized carbons (Fsp3) is 0.0714. The first kappa shape index (κ1) is 12.0. The van der Waals surface area contributed by atoms with Crippen LogP contribution in [0.25, 0.3) is 0 Å². The largest absolute Gasteiger partial charge is 0.508 e. The van der Waals surface area contributed by atoms with Crippen LogP contribution < -0.4 is 0 Å². The van der Waals surface area contributed by atoms with E-state index in [2.05, 4.69) is 0 Å². The van der Waals surface area contributed by atoms with Crippen LogP contribution in [0, 0.1) is 0 Å². The molecule has 0 fully saturated rings. The lowest BCUT2D eigenvalue weighted by Crippen LogP contribution is -2.12. The van der Waals surface area contributed by atoms with E-state index in [0.717, 1.165) is 0 Å². The monoisotopic (exact) mass is 244 g/mol. The van der Waals surface area contributed by atoms with Crippen LogP contribution in [0.2, 0.25) is 0 Å². The van der Waals surface area contributed by atoms with Crippen LogP contribution in [0.1, 0.15) is 17.0 Å². The number of phenols is 2. The highest BCUT2D eigenvalue weighted by molar-refractivity contribution is 5.80. The number of aromatic hydroxyl groups is 2. The molecule has 2 rings (SSSR count). The smallest absolute Gasteiger partial charge is 0.315 e. The molecule has 0 saturated heterocycles. The summed E-state index contributed by atoms with van der Waals surface area (Å²) < 4.78 is 0. The molecule has 18 heavy (non-hydrogen) atoms. The molecule has 0 aromatic heterocycles. The number of hydrogen-bond acceptors (Lipinski definition) is 3. The SMILES string of the molecule is O=C(O)C(c1ccc(O)cc1)c1ccc(O)cc1. The van der Waals surface area contributed by atoms with Gasteiger partial charge in [-0.05, 0) is 35.4 Å². The Balaban J connectivity index is 2.43. The van der Waals surface area contributed by atoms with Crippen molar-refractivity contribution in [3.63, 3.8) is 0 Å². The van der Waals surface area contributed by atoms with E-state index in [0.29, 0.717) is 11.1 Å². The third kappa shape index (κ3) is 2.43. The number of phenolic OH excluding ortho intramolecular Hbond substituents is 2. The van der Waals surface area contributed by atoms with Gasteiger partial charge in [0.05, 0.1) is 0 Å². The number of rotatable bonds is 3. The minimum Gasteiger partial charge on any atom is -0.508 e. The molecule has 0 radical (unpaired) electrons. The van der Waals surface area contributed by atoms with Crippen molar-refractivity contribution in [2.24, 2.45) is 0 Å². The molecule has 3 N–H and O–H groups in total. The topological polar surface area (TPSA) is 77.8 Å². The van der Waals surface area contributed by atoms with Crippen molar-refractivity contribution in [3.8, 4) is 11.5 Å². The summed E-state index contributed by atoms with van der Waals surface area (Å²) in [5.41, 5.74) is 1.15. The zero-order valence-corrected chi connectivity index (χ0v) is 9.45. The molecule has 4 heteroatoms. The molecule has 0 spiro atoms. The third-order valence-electron chi connectivity index (χ3n) is 2.70. The van der Waals surface area contributed by atoms with Crippen LogP contribution in [0.5, 0.6) is 11.5 Å². The van der Waals surface area contributed by atoms with Crippen molar-refractivity contribution in [1.29, 1.82) is 0 Å². The Kier molecular flexibility index (Phi) is 3.19. The highest BCUT2D eigenvalue weighted by Gasteiger charge is 2.21. The number of carboxylic acids is 1. The standard InChI is InChI=1S/C14H12O4/c15-11-5-1-9(2-6-11)13(14(17)18)10-3-7-12(16)8-4-10/h1-8,13,15-16H,(H,17,18). The number of hydrogen-bond donors (Lipinski definition) is 3. The number of aliphatic carboxylic acids is 1. The van der Waals surface area contributed by atoms with Crippen LogP contribution in [-0.2, 0) is 4.79 Å². The Bertz CT molecular complexity index is 498. The minimum absolute atomic E-state index is 0.0913. The quantitative estimate of drug-likeness (QED) is 0.774. The molecule has 0 unspecified atom stereocenters. The first-order valence-electron chi connectivity index (χ1n) is 5.38. The van der Waals surface area contributed by atoms with Crippen molar-refractivity contribution in [3.05, 3.63) is 59.7 Å². The molecule has 0 bridgehead atoms. The molecule has 0 aliphatic carbocycles. The van der Waals surface area contributed by atoms with Gasteiger partial charge < -0.3 is 15.3 Å². The zero-order chi connectivity index (χ0) is 13.1. The average molecular weight is 244 g/mol. The van der Waals surface area contributed by atoms with Gasteiger partial charge in [-0.3, -0.25) is 4.79 Å². The van der Waals surface area contributed by atoms with E-state index in [9.17, 15) is 20.1 Å². The van der Waals surface area contributed by atoms with E-state index in [1.54, 1.807) is 24.3 Å². The van der Waals surface area contributed by atoms with Gasteiger partial charge in [-0.15, -0.1) is 0 Å². The van der Waals surface area contributed by atoms with E-state index in [-0.39, 0.29) is 11.5 Å². The molecule has 0 saturated carbocycles. The highest BCUT2D eigenvalue weighted by Crippen LogP contribution is 2.27. The van der Waals surface area contributed by atoms with Gasteiger partial charge >= 0.3 is 5.97 Å². The maximum atomic E-state index is 11.3. The summed E-state index contributed by atoms with van der Waals surface area (Å²) in [5.74, 6) is -1.61. The molecule has 2 aromatic rings. The highest BCUT2D eigenvalue weighted by atomic mass is 16.4. The predicted octanol–water partition coefficient (Wildman–Crippen LogP) is 2.31. The Labute approximate surface area is 104 Å². The van der Waals surface area contributed by atoms with Crippen LogP contribution in [0.4, 0.5) is 0 Å². The second-order valence-corrected chi connectivity index (χ2v) is 3.95. The second-order valence-electron chi connectivity index (χ2n) is 3.95. The van der Waals surface area contributed by atoms with Crippen LogP contribution in [0.15, 0.2) is 48.5 Å². The Morgan fingerprint density at radius 3 is 1.39 bits per heavy atom. The Morgan fingerprint density at radius 2 is 1.11 bits per heavy atom. The molecule has 0 amide bonds. The molecule has 92 valence electrons. The fourth-order valence-electron chi connectivity index (χ4n) is 1.81. The first-order chi connectivity index (χ1) is 8.58. The molecule has 4 nitrogen and oxygen atoms in total. The predicted molar refractivity (Wildman–Crippen MR) is 65.7 cm³/mol. The van der Waals surface area contributed by atoms with Crippen molar-refractivity contribution in [2.75, 3.05) is 0 Å². The summed E-state index contributed by atoms with van der Waals surface area (Å²) >= 11 is 0.